The summed E-state index contributed by atoms with van der Waals surface area (Å²) in [7, 11) is 0.887. The quantitative estimate of drug-likeness (QED) is 0.450. The van der Waals surface area contributed by atoms with Gasteiger partial charge in [-0.2, -0.15) is 0 Å². The van der Waals surface area contributed by atoms with Crippen LogP contribution in [0.3, 0.4) is 0 Å². The first-order valence-electron chi connectivity index (χ1n) is 7.50. The molecule has 0 bridgehead atoms. The Morgan fingerprint density at radius 3 is 1.38 bits per heavy atom. The highest BCUT2D eigenvalue weighted by atomic mass is 79.9. The van der Waals surface area contributed by atoms with E-state index in [0.29, 0.717) is 0 Å². The topological polar surface area (TPSA) is 12.4 Å². The third kappa shape index (κ3) is 4.63. The molecule has 0 N–H and O–H groups in total. The van der Waals surface area contributed by atoms with E-state index in [9.17, 15) is 0 Å². The summed E-state index contributed by atoms with van der Waals surface area (Å²) >= 11 is 3.45. The van der Waals surface area contributed by atoms with Crippen molar-refractivity contribution in [3.05, 3.63) is 28.8 Å². The van der Waals surface area contributed by atoms with Crippen molar-refractivity contribution in [1.82, 2.24) is 0 Å². The lowest BCUT2D eigenvalue weighted by atomic mass is 9.74. The number of hydrogen-bond acceptors (Lipinski definition) is 1. The van der Waals surface area contributed by atoms with Crippen LogP contribution in [-0.4, -0.2) is 0 Å². The molecule has 0 radical (unpaired) electrons. The lowest BCUT2D eigenvalue weighted by Crippen LogP contribution is -2.21. The van der Waals surface area contributed by atoms with E-state index in [1.54, 1.807) is 0 Å². The first-order chi connectivity index (χ1) is 9.28. The molecule has 0 aliphatic heterocycles. The zero-order chi connectivity index (χ0) is 16.6. The van der Waals surface area contributed by atoms with Crippen molar-refractivity contribution in [3.8, 4) is 0 Å². The standard InChI is InChI=1S/C18H29BrNP/c1-16(2,3)12-10-13(17(4,5)6)15(20-21-19)14(11-12)18(7,8)9/h10-11H,1-9H3. The van der Waals surface area contributed by atoms with E-state index in [0.717, 1.165) is 12.8 Å². The number of halogens is 1. The SMILES string of the molecule is CC(C)(C)c1cc(C(C)(C)C)c(N=PBr)c(C(C)(C)C)c1. The summed E-state index contributed by atoms with van der Waals surface area (Å²) < 4.78 is 4.75. The molecule has 3 heteroatoms. The van der Waals surface area contributed by atoms with Gasteiger partial charge in [-0.05, 0) is 32.9 Å². The Morgan fingerprint density at radius 1 is 0.762 bits per heavy atom. The van der Waals surface area contributed by atoms with Crippen LogP contribution < -0.4 is 0 Å². The van der Waals surface area contributed by atoms with Crippen molar-refractivity contribution < 1.29 is 0 Å². The van der Waals surface area contributed by atoms with Gasteiger partial charge in [-0.3, -0.25) is 0 Å². The van der Waals surface area contributed by atoms with Gasteiger partial charge in [-0.15, -0.1) is 0 Å². The molecule has 1 rings (SSSR count). The van der Waals surface area contributed by atoms with Crippen molar-refractivity contribution in [2.45, 2.75) is 78.6 Å². The summed E-state index contributed by atoms with van der Waals surface area (Å²) in [5.74, 6) is 0. The molecule has 0 aromatic heterocycles. The minimum absolute atomic E-state index is 0.0811. The van der Waals surface area contributed by atoms with Crippen molar-refractivity contribution in [1.29, 1.82) is 0 Å². The van der Waals surface area contributed by atoms with Crippen LogP contribution >= 0.6 is 22.6 Å². The molecule has 1 nitrogen and oxygen atoms in total. The van der Waals surface area contributed by atoms with E-state index < -0.39 is 0 Å². The second-order valence-corrected chi connectivity index (χ2v) is 10.1. The van der Waals surface area contributed by atoms with Crippen LogP contribution in [0.15, 0.2) is 16.9 Å². The van der Waals surface area contributed by atoms with E-state index in [4.69, 9.17) is 4.74 Å². The molecular formula is C18H29BrNP. The highest BCUT2D eigenvalue weighted by molar-refractivity contribution is 9.35. The summed E-state index contributed by atoms with van der Waals surface area (Å²) in [5.41, 5.74) is 5.53. The van der Waals surface area contributed by atoms with Gasteiger partial charge in [0.2, 0.25) is 0 Å². The minimum Gasteiger partial charge on any atom is -0.220 e. The average Bonchev–Trinajstić information content (AvgIpc) is 2.24. The first-order valence-corrected chi connectivity index (χ1v) is 10.4. The van der Waals surface area contributed by atoms with E-state index in [1.807, 2.05) is 0 Å². The average molecular weight is 370 g/mol. The molecule has 0 saturated carbocycles. The third-order valence-corrected chi connectivity index (χ3v) is 4.48. The predicted octanol–water partition coefficient (Wildman–Crippen LogP) is 7.65. The number of hydrogen-bond donors (Lipinski definition) is 0. The Bertz CT molecular complexity index is 505. The Labute approximate surface area is 140 Å². The van der Waals surface area contributed by atoms with Crippen molar-refractivity contribution in [2.75, 3.05) is 0 Å². The van der Waals surface area contributed by atoms with Gasteiger partial charge in [0.15, 0.2) is 0 Å². The Balaban J connectivity index is 3.84. The molecule has 118 valence electrons. The van der Waals surface area contributed by atoms with Gasteiger partial charge >= 0.3 is 0 Å². The maximum atomic E-state index is 4.75. The number of rotatable bonds is 1. The second kappa shape index (κ2) is 6.13. The fourth-order valence-corrected chi connectivity index (χ4v) is 3.12. The van der Waals surface area contributed by atoms with Crippen LogP contribution in [0.4, 0.5) is 5.69 Å². The van der Waals surface area contributed by atoms with E-state index in [-0.39, 0.29) is 16.2 Å². The highest BCUT2D eigenvalue weighted by Crippen LogP contribution is 2.44. The van der Waals surface area contributed by atoms with Crippen LogP contribution in [0.1, 0.15) is 79.0 Å². The summed E-state index contributed by atoms with van der Waals surface area (Å²) in [5, 5.41) is 0. The van der Waals surface area contributed by atoms with E-state index >= 15 is 0 Å². The van der Waals surface area contributed by atoms with Crippen molar-refractivity contribution in [3.63, 3.8) is 0 Å². The van der Waals surface area contributed by atoms with Gasteiger partial charge in [-0.25, -0.2) is 4.74 Å². The molecule has 0 aliphatic carbocycles. The molecule has 0 amide bonds. The van der Waals surface area contributed by atoms with Gasteiger partial charge in [0.25, 0.3) is 0 Å². The Kier molecular flexibility index (Phi) is 5.50. The van der Waals surface area contributed by atoms with Gasteiger partial charge in [0.05, 0.1) is 12.8 Å². The van der Waals surface area contributed by atoms with Crippen LogP contribution in [0.25, 0.3) is 0 Å². The normalized spacial score (nSPS) is 14.0. The summed E-state index contributed by atoms with van der Waals surface area (Å²) in [6, 6.07) is 4.71. The Hall–Kier alpha value is -0.200. The summed E-state index contributed by atoms with van der Waals surface area (Å²) in [4.78, 5) is 0. The van der Waals surface area contributed by atoms with Crippen molar-refractivity contribution >= 4 is 28.3 Å². The van der Waals surface area contributed by atoms with Crippen LogP contribution in [0.5, 0.6) is 0 Å². The van der Waals surface area contributed by atoms with E-state index in [2.05, 4.69) is 89.9 Å². The molecule has 21 heavy (non-hydrogen) atoms. The molecule has 0 fully saturated rings. The maximum Gasteiger partial charge on any atom is 0.0896 e. The van der Waals surface area contributed by atoms with Gasteiger partial charge in [-0.1, -0.05) is 74.4 Å². The Morgan fingerprint density at radius 2 is 1.14 bits per heavy atom. The molecular weight excluding hydrogens is 341 g/mol. The molecule has 0 saturated heterocycles. The molecule has 0 unspecified atom stereocenters. The smallest absolute Gasteiger partial charge is 0.0896 e. The lowest BCUT2D eigenvalue weighted by Gasteiger charge is -2.31. The summed E-state index contributed by atoms with van der Waals surface area (Å²) in [6.45, 7) is 20.5. The maximum absolute atomic E-state index is 4.75. The molecule has 0 aliphatic rings. The summed E-state index contributed by atoms with van der Waals surface area (Å²) in [6.07, 6.45) is 0. The minimum atomic E-state index is 0.0811. The highest BCUT2D eigenvalue weighted by Gasteiger charge is 2.28. The van der Waals surface area contributed by atoms with Gasteiger partial charge in [0, 0.05) is 15.5 Å². The zero-order valence-electron chi connectivity index (χ0n) is 14.9. The predicted molar refractivity (Wildman–Crippen MR) is 100 cm³/mol. The fourth-order valence-electron chi connectivity index (χ4n) is 2.36. The molecule has 0 heterocycles. The molecule has 0 spiro atoms. The molecule has 0 atom stereocenters. The molecule has 1 aromatic rings. The van der Waals surface area contributed by atoms with Crippen LogP contribution in [0.2, 0.25) is 0 Å². The molecule has 1 aromatic carbocycles. The monoisotopic (exact) mass is 369 g/mol. The first kappa shape index (κ1) is 18.8. The fraction of sp³-hybridized carbons (Fsp3) is 0.667. The van der Waals surface area contributed by atoms with Crippen LogP contribution in [-0.2, 0) is 16.2 Å². The largest absolute Gasteiger partial charge is 0.220 e. The third-order valence-electron chi connectivity index (χ3n) is 3.73. The van der Waals surface area contributed by atoms with Gasteiger partial charge in [0.1, 0.15) is 0 Å². The van der Waals surface area contributed by atoms with Crippen LogP contribution in [0, 0.1) is 0 Å². The lowest BCUT2D eigenvalue weighted by molar-refractivity contribution is 0.550. The zero-order valence-corrected chi connectivity index (χ0v) is 17.4. The van der Waals surface area contributed by atoms with Crippen molar-refractivity contribution in [2.24, 2.45) is 4.74 Å². The van der Waals surface area contributed by atoms with Gasteiger partial charge < -0.3 is 0 Å². The van der Waals surface area contributed by atoms with E-state index in [1.165, 1.54) is 16.7 Å². The number of nitrogens with zero attached hydrogens (tertiary/aromatic N) is 1. The number of benzene rings is 1. The second-order valence-electron chi connectivity index (χ2n) is 8.85.